The second kappa shape index (κ2) is 7.57. The molecule has 30 heavy (non-hydrogen) atoms. The molecule has 0 saturated heterocycles. The Balaban J connectivity index is 1.70. The molecular weight excluding hydrogens is 394 g/mol. The van der Waals surface area contributed by atoms with Gasteiger partial charge in [0.05, 0.1) is 30.2 Å². The molecule has 3 aromatic rings. The molecule has 0 bridgehead atoms. The van der Waals surface area contributed by atoms with Crippen LogP contribution < -0.4 is 10.9 Å². The minimum absolute atomic E-state index is 0.160. The minimum Gasteiger partial charge on any atom is -0.373 e. The number of hydrogen-bond acceptors (Lipinski definition) is 4. The first kappa shape index (κ1) is 19.5. The Labute approximate surface area is 169 Å². The second-order valence-corrected chi connectivity index (χ2v) is 6.91. The fourth-order valence-electron chi connectivity index (χ4n) is 3.57. The van der Waals surface area contributed by atoms with Crippen molar-refractivity contribution in [3.63, 3.8) is 0 Å². The van der Waals surface area contributed by atoms with Crippen molar-refractivity contribution in [2.75, 3.05) is 19.0 Å². The van der Waals surface area contributed by atoms with Crippen molar-refractivity contribution >= 4 is 22.5 Å². The standard InChI is InChI=1S/C21H16F2N4O3/c1-27(21(29)25-13-3-5-16(23)11(6-13)8-24)18-10-30-9-17-19(18)14-4-2-12(22)7-15(14)20(28)26-17/h2-7,18H,9-10H2,1H3,(H,25,29)(H,26,28)/t18-/m0/s1. The Hall–Kier alpha value is -3.77. The lowest BCUT2D eigenvalue weighted by Gasteiger charge is -2.33. The van der Waals surface area contributed by atoms with Gasteiger partial charge in [-0.1, -0.05) is 6.07 Å². The third-order valence-electron chi connectivity index (χ3n) is 5.09. The topological polar surface area (TPSA) is 98.2 Å². The second-order valence-electron chi connectivity index (χ2n) is 6.91. The number of pyridine rings is 1. The molecule has 0 radical (unpaired) electrons. The van der Waals surface area contributed by atoms with Crippen LogP contribution in [-0.2, 0) is 11.3 Å². The molecule has 0 fully saturated rings. The molecule has 0 saturated carbocycles. The molecule has 1 aliphatic heterocycles. The lowest BCUT2D eigenvalue weighted by molar-refractivity contribution is 0.0527. The number of fused-ring (bicyclic) bond motifs is 3. The van der Waals surface area contributed by atoms with Gasteiger partial charge in [-0.05, 0) is 35.7 Å². The van der Waals surface area contributed by atoms with Gasteiger partial charge in [-0.25, -0.2) is 13.6 Å². The Bertz CT molecular complexity index is 1270. The fourth-order valence-corrected chi connectivity index (χ4v) is 3.57. The highest BCUT2D eigenvalue weighted by Gasteiger charge is 2.30. The smallest absolute Gasteiger partial charge is 0.322 e. The van der Waals surface area contributed by atoms with E-state index >= 15 is 0 Å². The van der Waals surface area contributed by atoms with Gasteiger partial charge in [0.1, 0.15) is 17.7 Å². The average Bonchev–Trinajstić information content (AvgIpc) is 2.74. The average molecular weight is 410 g/mol. The molecule has 2 N–H and O–H groups in total. The molecule has 0 spiro atoms. The van der Waals surface area contributed by atoms with Crippen molar-refractivity contribution in [1.82, 2.24) is 9.88 Å². The number of carbonyl (C=O) groups excluding carboxylic acids is 1. The maximum atomic E-state index is 13.7. The van der Waals surface area contributed by atoms with Gasteiger partial charge in [0.25, 0.3) is 5.56 Å². The van der Waals surface area contributed by atoms with E-state index in [9.17, 15) is 18.4 Å². The van der Waals surface area contributed by atoms with Gasteiger partial charge in [-0.3, -0.25) is 4.79 Å². The molecule has 7 nitrogen and oxygen atoms in total. The van der Waals surface area contributed by atoms with Crippen molar-refractivity contribution in [2.24, 2.45) is 0 Å². The number of halogens is 2. The van der Waals surface area contributed by atoms with Gasteiger partial charge in [-0.15, -0.1) is 0 Å². The summed E-state index contributed by atoms with van der Waals surface area (Å²) in [5.74, 6) is -1.21. The number of likely N-dealkylation sites (N-methyl/N-ethyl adjacent to an activating group) is 1. The summed E-state index contributed by atoms with van der Waals surface area (Å²) in [5, 5.41) is 12.3. The summed E-state index contributed by atoms with van der Waals surface area (Å²) in [6.07, 6.45) is 0. The van der Waals surface area contributed by atoms with Crippen LogP contribution >= 0.6 is 0 Å². The van der Waals surface area contributed by atoms with E-state index < -0.39 is 29.3 Å². The third kappa shape index (κ3) is 3.38. The number of ether oxygens (including phenoxy) is 1. The van der Waals surface area contributed by atoms with Crippen molar-refractivity contribution in [2.45, 2.75) is 12.6 Å². The predicted octanol–water partition coefficient (Wildman–Crippen LogP) is 3.41. The third-order valence-corrected chi connectivity index (χ3v) is 5.09. The number of anilines is 1. The molecule has 2 aromatic carbocycles. The maximum absolute atomic E-state index is 13.7. The number of hydrogen-bond donors (Lipinski definition) is 2. The molecule has 1 aromatic heterocycles. The highest BCUT2D eigenvalue weighted by atomic mass is 19.1. The number of nitriles is 1. The highest BCUT2D eigenvalue weighted by molar-refractivity contribution is 5.91. The molecule has 0 aliphatic carbocycles. The number of nitrogens with zero attached hydrogens (tertiary/aromatic N) is 2. The van der Waals surface area contributed by atoms with Gasteiger partial charge in [0.2, 0.25) is 0 Å². The summed E-state index contributed by atoms with van der Waals surface area (Å²) in [5.41, 5.74) is 0.825. The lowest BCUT2D eigenvalue weighted by Crippen LogP contribution is -2.39. The zero-order valence-electron chi connectivity index (χ0n) is 15.8. The van der Waals surface area contributed by atoms with E-state index in [0.717, 1.165) is 12.1 Å². The summed E-state index contributed by atoms with van der Waals surface area (Å²) < 4.78 is 32.7. The van der Waals surface area contributed by atoms with Crippen LogP contribution in [0, 0.1) is 23.0 Å². The van der Waals surface area contributed by atoms with E-state index in [4.69, 9.17) is 10.00 Å². The van der Waals surface area contributed by atoms with Crippen LogP contribution in [0.2, 0.25) is 0 Å². The number of urea groups is 1. The largest absolute Gasteiger partial charge is 0.373 e. The van der Waals surface area contributed by atoms with Crippen LogP contribution in [0.1, 0.15) is 22.9 Å². The summed E-state index contributed by atoms with van der Waals surface area (Å²) in [6, 6.07) is 8.26. The number of H-pyrrole nitrogens is 1. The molecule has 9 heteroatoms. The number of aromatic amines is 1. The first-order valence-electron chi connectivity index (χ1n) is 9.04. The predicted molar refractivity (Wildman–Crippen MR) is 105 cm³/mol. The normalized spacial score (nSPS) is 15.3. The first-order chi connectivity index (χ1) is 14.4. The van der Waals surface area contributed by atoms with E-state index in [2.05, 4.69) is 10.3 Å². The summed E-state index contributed by atoms with van der Waals surface area (Å²) in [4.78, 5) is 29.2. The Kier molecular flexibility index (Phi) is 4.93. The Morgan fingerprint density at radius 1 is 1.27 bits per heavy atom. The van der Waals surface area contributed by atoms with Crippen LogP contribution in [0.4, 0.5) is 19.3 Å². The quantitative estimate of drug-likeness (QED) is 0.676. The molecule has 4 rings (SSSR count). The van der Waals surface area contributed by atoms with Crippen molar-refractivity contribution in [1.29, 1.82) is 5.26 Å². The molecule has 2 heterocycles. The summed E-state index contributed by atoms with van der Waals surface area (Å²) in [6.45, 7) is 0.329. The Morgan fingerprint density at radius 2 is 2.07 bits per heavy atom. The highest BCUT2D eigenvalue weighted by Crippen LogP contribution is 2.33. The van der Waals surface area contributed by atoms with Crippen molar-refractivity contribution < 1.29 is 18.3 Å². The number of benzene rings is 2. The van der Waals surface area contributed by atoms with Crippen LogP contribution in [-0.4, -0.2) is 29.6 Å². The van der Waals surface area contributed by atoms with Gasteiger partial charge in [-0.2, -0.15) is 5.26 Å². The van der Waals surface area contributed by atoms with Crippen molar-refractivity contribution in [3.8, 4) is 6.07 Å². The van der Waals surface area contributed by atoms with Gasteiger partial charge >= 0.3 is 6.03 Å². The summed E-state index contributed by atoms with van der Waals surface area (Å²) >= 11 is 0. The zero-order chi connectivity index (χ0) is 21.4. The number of rotatable bonds is 2. The summed E-state index contributed by atoms with van der Waals surface area (Å²) in [7, 11) is 1.55. The molecule has 2 amide bonds. The van der Waals surface area contributed by atoms with E-state index in [-0.39, 0.29) is 29.9 Å². The van der Waals surface area contributed by atoms with Crippen molar-refractivity contribution in [3.05, 3.63) is 75.2 Å². The zero-order valence-corrected chi connectivity index (χ0v) is 15.8. The number of nitrogens with one attached hydrogen (secondary N) is 2. The Morgan fingerprint density at radius 3 is 2.83 bits per heavy atom. The lowest BCUT2D eigenvalue weighted by atomic mass is 9.96. The number of carbonyl (C=O) groups is 1. The number of amides is 2. The monoisotopic (exact) mass is 410 g/mol. The molecular formula is C21H16F2N4O3. The van der Waals surface area contributed by atoms with Gasteiger partial charge in [0.15, 0.2) is 0 Å². The van der Waals surface area contributed by atoms with E-state index in [1.807, 2.05) is 0 Å². The van der Waals surface area contributed by atoms with Crippen LogP contribution in [0.25, 0.3) is 10.8 Å². The van der Waals surface area contributed by atoms with E-state index in [1.54, 1.807) is 13.1 Å². The van der Waals surface area contributed by atoms with Crippen LogP contribution in [0.3, 0.4) is 0 Å². The van der Waals surface area contributed by atoms with E-state index in [0.29, 0.717) is 16.6 Å². The SMILES string of the molecule is CN(C(=O)Nc1ccc(F)c(C#N)c1)[C@H]1COCc2[nH]c(=O)c3cc(F)ccc3c21. The maximum Gasteiger partial charge on any atom is 0.322 e. The molecule has 1 aliphatic rings. The molecule has 0 unspecified atom stereocenters. The van der Waals surface area contributed by atoms with Crippen LogP contribution in [0.15, 0.2) is 41.2 Å². The number of aromatic nitrogens is 1. The molecule has 152 valence electrons. The van der Waals surface area contributed by atoms with Gasteiger partial charge < -0.3 is 19.9 Å². The molecule has 1 atom stereocenters. The van der Waals surface area contributed by atoms with Gasteiger partial charge in [0, 0.05) is 24.0 Å². The van der Waals surface area contributed by atoms with E-state index in [1.165, 1.54) is 29.2 Å². The first-order valence-corrected chi connectivity index (χ1v) is 9.04. The van der Waals surface area contributed by atoms with Crippen LogP contribution in [0.5, 0.6) is 0 Å². The fraction of sp³-hybridized carbons (Fsp3) is 0.190. The minimum atomic E-state index is -0.680.